The van der Waals surface area contributed by atoms with Crippen LogP contribution >= 0.6 is 22.7 Å². The number of nitrogens with one attached hydrogen (secondary N) is 2. The van der Waals surface area contributed by atoms with Gasteiger partial charge in [0.2, 0.25) is 5.91 Å². The molecule has 0 aliphatic heterocycles. The van der Waals surface area contributed by atoms with Gasteiger partial charge in [0.1, 0.15) is 10.3 Å². The summed E-state index contributed by atoms with van der Waals surface area (Å²) in [4.78, 5) is 13.5. The summed E-state index contributed by atoms with van der Waals surface area (Å²) >= 11 is 2.77. The molecule has 2 rings (SSSR count). The molecule has 0 radical (unpaired) electrons. The summed E-state index contributed by atoms with van der Waals surface area (Å²) in [5, 5.41) is 6.50. The van der Waals surface area contributed by atoms with Crippen molar-refractivity contribution in [1.29, 1.82) is 0 Å². The predicted molar refractivity (Wildman–Crippen MR) is 94.3 cm³/mol. The maximum absolute atomic E-state index is 12.3. The predicted octanol–water partition coefficient (Wildman–Crippen LogP) is 2.47. The van der Waals surface area contributed by atoms with E-state index in [1.54, 1.807) is 22.8 Å². The fraction of sp³-hybridized carbons (Fsp3) is 0.400. The highest BCUT2D eigenvalue weighted by Crippen LogP contribution is 2.17. The van der Waals surface area contributed by atoms with Gasteiger partial charge >= 0.3 is 0 Å². The number of rotatable bonds is 8. The highest BCUT2D eigenvalue weighted by Gasteiger charge is 2.28. The summed E-state index contributed by atoms with van der Waals surface area (Å²) in [5.74, 6) is -0.442. The lowest BCUT2D eigenvalue weighted by molar-refractivity contribution is -0.123. The van der Waals surface area contributed by atoms with Crippen LogP contribution in [-0.2, 0) is 21.2 Å². The Kier molecular flexibility index (Phi) is 6.34. The Balaban J connectivity index is 1.96. The second kappa shape index (κ2) is 8.05. The SMILES string of the molecule is CC(C)C(NS(=O)(=O)c1cccs1)C(=O)NCCc1cccs1. The largest absolute Gasteiger partial charge is 0.354 e. The Hall–Kier alpha value is -1.22. The van der Waals surface area contributed by atoms with Crippen molar-refractivity contribution in [2.45, 2.75) is 30.5 Å². The van der Waals surface area contributed by atoms with Crippen LogP contribution in [0.5, 0.6) is 0 Å². The molecule has 2 aromatic heterocycles. The van der Waals surface area contributed by atoms with Crippen molar-refractivity contribution in [2.75, 3.05) is 6.54 Å². The van der Waals surface area contributed by atoms with Gasteiger partial charge in [-0.2, -0.15) is 4.72 Å². The summed E-state index contributed by atoms with van der Waals surface area (Å²) < 4.78 is 27.3. The van der Waals surface area contributed by atoms with Crippen LogP contribution in [0, 0.1) is 5.92 Å². The number of hydrogen-bond donors (Lipinski definition) is 2. The highest BCUT2D eigenvalue weighted by atomic mass is 32.2. The normalized spacial score (nSPS) is 13.2. The Morgan fingerprint density at radius 2 is 1.87 bits per heavy atom. The molecular weight excluding hydrogens is 352 g/mol. The van der Waals surface area contributed by atoms with Crippen LogP contribution in [0.4, 0.5) is 0 Å². The molecule has 0 spiro atoms. The molecule has 1 atom stereocenters. The smallest absolute Gasteiger partial charge is 0.250 e. The van der Waals surface area contributed by atoms with E-state index >= 15 is 0 Å². The van der Waals surface area contributed by atoms with Gasteiger partial charge in [-0.05, 0) is 35.2 Å². The van der Waals surface area contributed by atoms with Crippen molar-refractivity contribution in [3.63, 3.8) is 0 Å². The van der Waals surface area contributed by atoms with Crippen molar-refractivity contribution < 1.29 is 13.2 Å². The molecule has 0 saturated heterocycles. The van der Waals surface area contributed by atoms with Gasteiger partial charge in [-0.25, -0.2) is 8.42 Å². The van der Waals surface area contributed by atoms with E-state index in [-0.39, 0.29) is 16.0 Å². The van der Waals surface area contributed by atoms with E-state index in [0.29, 0.717) is 6.54 Å². The lowest BCUT2D eigenvalue weighted by atomic mass is 10.1. The fourth-order valence-corrected chi connectivity index (χ4v) is 5.07. The minimum atomic E-state index is -3.66. The van der Waals surface area contributed by atoms with Gasteiger partial charge < -0.3 is 5.32 Å². The molecule has 2 aromatic rings. The first-order chi connectivity index (χ1) is 10.9. The maximum Gasteiger partial charge on any atom is 0.250 e. The molecule has 8 heteroatoms. The number of amides is 1. The Labute approximate surface area is 144 Å². The van der Waals surface area contributed by atoms with Gasteiger partial charge in [0.25, 0.3) is 10.0 Å². The molecule has 2 N–H and O–H groups in total. The zero-order valence-electron chi connectivity index (χ0n) is 13.0. The molecule has 0 fully saturated rings. The van der Waals surface area contributed by atoms with Crippen LogP contribution in [0.3, 0.4) is 0 Å². The zero-order chi connectivity index (χ0) is 16.9. The highest BCUT2D eigenvalue weighted by molar-refractivity contribution is 7.91. The third-order valence-corrected chi connectivity index (χ3v) is 7.02. The Bertz CT molecular complexity index is 707. The van der Waals surface area contributed by atoms with Crippen molar-refractivity contribution in [2.24, 2.45) is 5.92 Å². The van der Waals surface area contributed by atoms with E-state index in [9.17, 15) is 13.2 Å². The molecule has 1 unspecified atom stereocenters. The molecule has 23 heavy (non-hydrogen) atoms. The molecule has 126 valence electrons. The van der Waals surface area contributed by atoms with Crippen LogP contribution in [-0.4, -0.2) is 26.9 Å². The summed E-state index contributed by atoms with van der Waals surface area (Å²) in [7, 11) is -3.66. The van der Waals surface area contributed by atoms with Gasteiger partial charge in [0.05, 0.1) is 0 Å². The molecule has 0 aliphatic carbocycles. The minimum absolute atomic E-state index is 0.147. The first kappa shape index (κ1) is 18.1. The Morgan fingerprint density at radius 1 is 1.17 bits per heavy atom. The third kappa shape index (κ3) is 5.13. The maximum atomic E-state index is 12.3. The second-order valence-corrected chi connectivity index (χ2v) is 9.32. The number of hydrogen-bond acceptors (Lipinski definition) is 5. The second-order valence-electron chi connectivity index (χ2n) is 5.40. The number of carbonyl (C=O) groups is 1. The van der Waals surface area contributed by atoms with Gasteiger partial charge in [-0.15, -0.1) is 22.7 Å². The molecule has 0 saturated carbocycles. The number of carbonyl (C=O) groups excluding carboxylic acids is 1. The van der Waals surface area contributed by atoms with Crippen molar-refractivity contribution >= 4 is 38.6 Å². The van der Waals surface area contributed by atoms with Gasteiger partial charge in [0.15, 0.2) is 0 Å². The van der Waals surface area contributed by atoms with Crippen LogP contribution in [0.1, 0.15) is 18.7 Å². The standard InChI is InChI=1S/C15H20N2O3S3/c1-11(2)14(17-23(19,20)13-6-4-10-22-13)15(18)16-8-7-12-5-3-9-21-12/h3-6,9-11,14,17H,7-8H2,1-2H3,(H,16,18). The van der Waals surface area contributed by atoms with E-state index in [2.05, 4.69) is 10.0 Å². The minimum Gasteiger partial charge on any atom is -0.354 e. The average molecular weight is 373 g/mol. The van der Waals surface area contributed by atoms with E-state index in [1.807, 2.05) is 31.4 Å². The van der Waals surface area contributed by atoms with Crippen molar-refractivity contribution in [1.82, 2.24) is 10.0 Å². The van der Waals surface area contributed by atoms with Crippen LogP contribution in [0.2, 0.25) is 0 Å². The van der Waals surface area contributed by atoms with E-state index in [0.717, 1.165) is 17.8 Å². The first-order valence-corrected chi connectivity index (χ1v) is 10.5. The average Bonchev–Trinajstić information content (AvgIpc) is 3.17. The number of thiophene rings is 2. The van der Waals surface area contributed by atoms with Gasteiger partial charge in [0, 0.05) is 11.4 Å². The monoisotopic (exact) mass is 372 g/mol. The summed E-state index contributed by atoms with van der Waals surface area (Å²) in [6, 6.07) is 6.39. The van der Waals surface area contributed by atoms with E-state index in [4.69, 9.17) is 0 Å². The van der Waals surface area contributed by atoms with Gasteiger partial charge in [-0.3, -0.25) is 4.79 Å². The molecule has 2 heterocycles. The summed E-state index contributed by atoms with van der Waals surface area (Å²) in [6.07, 6.45) is 0.742. The van der Waals surface area contributed by atoms with E-state index < -0.39 is 16.1 Å². The molecular formula is C15H20N2O3S3. The third-order valence-electron chi connectivity index (χ3n) is 3.24. The van der Waals surface area contributed by atoms with Crippen LogP contribution in [0.25, 0.3) is 0 Å². The Morgan fingerprint density at radius 3 is 2.43 bits per heavy atom. The van der Waals surface area contributed by atoms with Crippen LogP contribution < -0.4 is 10.0 Å². The van der Waals surface area contributed by atoms with Crippen molar-refractivity contribution in [3.05, 3.63) is 39.9 Å². The lowest BCUT2D eigenvalue weighted by Crippen LogP contribution is -2.49. The lowest BCUT2D eigenvalue weighted by Gasteiger charge is -2.21. The van der Waals surface area contributed by atoms with Crippen LogP contribution in [0.15, 0.2) is 39.2 Å². The van der Waals surface area contributed by atoms with Gasteiger partial charge in [-0.1, -0.05) is 26.0 Å². The zero-order valence-corrected chi connectivity index (χ0v) is 15.4. The number of sulfonamides is 1. The van der Waals surface area contributed by atoms with E-state index in [1.165, 1.54) is 10.9 Å². The molecule has 5 nitrogen and oxygen atoms in total. The quantitative estimate of drug-likeness (QED) is 0.747. The summed E-state index contributed by atoms with van der Waals surface area (Å²) in [5.41, 5.74) is 0. The summed E-state index contributed by atoms with van der Waals surface area (Å²) in [6.45, 7) is 4.13. The molecule has 0 bridgehead atoms. The first-order valence-electron chi connectivity index (χ1n) is 7.26. The fourth-order valence-electron chi connectivity index (χ4n) is 2.01. The topological polar surface area (TPSA) is 75.3 Å². The molecule has 0 aromatic carbocycles. The molecule has 0 aliphatic rings. The molecule has 1 amide bonds. The van der Waals surface area contributed by atoms with Crippen molar-refractivity contribution in [3.8, 4) is 0 Å².